The van der Waals surface area contributed by atoms with Crippen LogP contribution in [0.5, 0.6) is 5.75 Å². The summed E-state index contributed by atoms with van der Waals surface area (Å²) in [5.41, 5.74) is 3.68. The molecule has 9 heteroatoms. The molecule has 1 N–H and O–H groups in total. The van der Waals surface area contributed by atoms with Gasteiger partial charge in [-0.15, -0.1) is 0 Å². The number of methoxy groups -OCH3 is 1. The minimum absolute atomic E-state index is 0.0619. The minimum atomic E-state index is -2.99. The largest absolute Gasteiger partial charge is 0.497 e. The van der Waals surface area contributed by atoms with E-state index in [1.165, 1.54) is 6.21 Å². The van der Waals surface area contributed by atoms with E-state index in [2.05, 4.69) is 15.5 Å². The van der Waals surface area contributed by atoms with Crippen LogP contribution in [0.25, 0.3) is 10.9 Å². The molecule has 1 atom stereocenters. The second-order valence-corrected chi connectivity index (χ2v) is 8.78. The highest BCUT2D eigenvalue weighted by Gasteiger charge is 2.29. The molecule has 2 aromatic rings. The highest BCUT2D eigenvalue weighted by Crippen LogP contribution is 2.24. The van der Waals surface area contributed by atoms with E-state index < -0.39 is 9.84 Å². The number of sulfone groups is 1. The molecule has 138 valence electrons. The third-order valence-electron chi connectivity index (χ3n) is 4.20. The van der Waals surface area contributed by atoms with E-state index in [1.54, 1.807) is 25.3 Å². The Morgan fingerprint density at radius 2 is 2.27 bits per heavy atom. The molecule has 0 aliphatic carbocycles. The Morgan fingerprint density at radius 3 is 2.96 bits per heavy atom. The van der Waals surface area contributed by atoms with Crippen LogP contribution in [0.1, 0.15) is 18.4 Å². The first-order chi connectivity index (χ1) is 12.4. The van der Waals surface area contributed by atoms with E-state index in [-0.39, 0.29) is 34.9 Å². The number of aromatic nitrogens is 1. The third kappa shape index (κ3) is 4.50. The predicted molar refractivity (Wildman–Crippen MR) is 100 cm³/mol. The van der Waals surface area contributed by atoms with Crippen LogP contribution in [0.4, 0.5) is 0 Å². The van der Waals surface area contributed by atoms with Crippen molar-refractivity contribution in [2.75, 3.05) is 18.6 Å². The average Bonchev–Trinajstić information content (AvgIpc) is 2.93. The van der Waals surface area contributed by atoms with Gasteiger partial charge in [-0.1, -0.05) is 11.6 Å². The van der Waals surface area contributed by atoms with Gasteiger partial charge in [0.15, 0.2) is 9.84 Å². The average molecular weight is 396 g/mol. The SMILES string of the molecule is COc1ccc2nc(Cl)c(/C=N\NC(=O)C[C@H]3CCS(=O)(=O)C3)cc2c1. The van der Waals surface area contributed by atoms with Gasteiger partial charge in [0.25, 0.3) is 0 Å². The lowest BCUT2D eigenvalue weighted by molar-refractivity contribution is -0.121. The zero-order chi connectivity index (χ0) is 18.7. The molecule has 3 rings (SSSR count). The van der Waals surface area contributed by atoms with Crippen molar-refractivity contribution in [3.8, 4) is 5.75 Å². The topological polar surface area (TPSA) is 97.7 Å². The summed E-state index contributed by atoms with van der Waals surface area (Å²) in [6.07, 6.45) is 2.07. The molecule has 1 aliphatic rings. The molecule has 0 spiro atoms. The molecule has 0 unspecified atom stereocenters. The van der Waals surface area contributed by atoms with Gasteiger partial charge in [0.1, 0.15) is 10.9 Å². The van der Waals surface area contributed by atoms with Crippen LogP contribution in [-0.4, -0.2) is 44.1 Å². The summed E-state index contributed by atoms with van der Waals surface area (Å²) in [5.74, 6) is 0.440. The number of hydrogen-bond donors (Lipinski definition) is 1. The molecular weight excluding hydrogens is 378 g/mol. The molecule has 0 saturated carbocycles. The number of benzene rings is 1. The first-order valence-electron chi connectivity index (χ1n) is 8.03. The van der Waals surface area contributed by atoms with Gasteiger partial charge in [0.05, 0.1) is 30.3 Å². The molecular formula is C17H18ClN3O4S. The van der Waals surface area contributed by atoms with Crippen LogP contribution in [0.15, 0.2) is 29.4 Å². The highest BCUT2D eigenvalue weighted by molar-refractivity contribution is 7.91. The Morgan fingerprint density at radius 1 is 1.46 bits per heavy atom. The van der Waals surface area contributed by atoms with Crippen LogP contribution in [0.3, 0.4) is 0 Å². The van der Waals surface area contributed by atoms with Crippen molar-refractivity contribution < 1.29 is 17.9 Å². The molecule has 2 heterocycles. The molecule has 1 saturated heterocycles. The van der Waals surface area contributed by atoms with Crippen LogP contribution in [0, 0.1) is 5.92 Å². The van der Waals surface area contributed by atoms with Gasteiger partial charge < -0.3 is 4.74 Å². The molecule has 1 aromatic carbocycles. The monoisotopic (exact) mass is 395 g/mol. The van der Waals surface area contributed by atoms with Crippen molar-refractivity contribution in [2.24, 2.45) is 11.0 Å². The number of hydrogen-bond acceptors (Lipinski definition) is 6. The van der Waals surface area contributed by atoms with E-state index in [1.807, 2.05) is 6.07 Å². The standard InChI is InChI=1S/C17H18ClN3O4S/c1-25-14-2-3-15-12(8-14)7-13(17(18)20-15)9-19-21-16(22)6-11-4-5-26(23,24)10-11/h2-3,7-9,11H,4-6,10H2,1H3,(H,21,22)/b19-9-/t11-/m1/s1. The third-order valence-corrected chi connectivity index (χ3v) is 6.34. The molecule has 0 bridgehead atoms. The zero-order valence-electron chi connectivity index (χ0n) is 14.1. The maximum absolute atomic E-state index is 11.9. The quantitative estimate of drug-likeness (QED) is 0.475. The fourth-order valence-corrected chi connectivity index (χ4v) is 4.94. The van der Waals surface area contributed by atoms with Crippen molar-refractivity contribution >= 4 is 44.5 Å². The Kier molecular flexibility index (Phi) is 5.43. The fraction of sp³-hybridized carbons (Fsp3) is 0.353. The Hall–Kier alpha value is -2.19. The van der Waals surface area contributed by atoms with E-state index in [0.29, 0.717) is 17.7 Å². The number of nitrogens with zero attached hydrogens (tertiary/aromatic N) is 2. The second-order valence-electron chi connectivity index (χ2n) is 6.19. The summed E-state index contributed by atoms with van der Waals surface area (Å²) < 4.78 is 28.0. The summed E-state index contributed by atoms with van der Waals surface area (Å²) in [6.45, 7) is 0. The number of amides is 1. The lowest BCUT2D eigenvalue weighted by Gasteiger charge is -2.06. The fourth-order valence-electron chi connectivity index (χ4n) is 2.88. The van der Waals surface area contributed by atoms with Gasteiger partial charge in [0.2, 0.25) is 5.91 Å². The number of nitrogens with one attached hydrogen (secondary N) is 1. The molecule has 7 nitrogen and oxygen atoms in total. The van der Waals surface area contributed by atoms with E-state index in [9.17, 15) is 13.2 Å². The molecule has 1 aromatic heterocycles. The van der Waals surface area contributed by atoms with Gasteiger partial charge in [-0.3, -0.25) is 4.79 Å². The van der Waals surface area contributed by atoms with Crippen molar-refractivity contribution in [3.63, 3.8) is 0 Å². The van der Waals surface area contributed by atoms with E-state index in [0.717, 1.165) is 10.9 Å². The summed E-state index contributed by atoms with van der Waals surface area (Å²) in [5, 5.41) is 5.00. The maximum atomic E-state index is 11.9. The van der Waals surface area contributed by atoms with Crippen molar-refractivity contribution in [1.29, 1.82) is 0 Å². The molecule has 1 fully saturated rings. The Bertz CT molecular complexity index is 975. The van der Waals surface area contributed by atoms with Crippen LogP contribution < -0.4 is 10.2 Å². The molecule has 26 heavy (non-hydrogen) atoms. The first-order valence-corrected chi connectivity index (χ1v) is 10.2. The summed E-state index contributed by atoms with van der Waals surface area (Å²) >= 11 is 6.15. The van der Waals surface area contributed by atoms with Gasteiger partial charge in [0, 0.05) is 17.4 Å². The minimum Gasteiger partial charge on any atom is -0.497 e. The van der Waals surface area contributed by atoms with Crippen molar-refractivity contribution in [2.45, 2.75) is 12.8 Å². The Labute approximate surface area is 156 Å². The van der Waals surface area contributed by atoms with Gasteiger partial charge in [-0.05, 0) is 36.6 Å². The lowest BCUT2D eigenvalue weighted by atomic mass is 10.1. The lowest BCUT2D eigenvalue weighted by Crippen LogP contribution is -2.21. The number of carbonyl (C=O) groups excluding carboxylic acids is 1. The van der Waals surface area contributed by atoms with E-state index in [4.69, 9.17) is 16.3 Å². The molecule has 1 amide bonds. The first kappa shape index (κ1) is 18.6. The number of ether oxygens (including phenoxy) is 1. The van der Waals surface area contributed by atoms with Gasteiger partial charge >= 0.3 is 0 Å². The summed E-state index contributed by atoms with van der Waals surface area (Å²) in [4.78, 5) is 16.2. The van der Waals surface area contributed by atoms with Gasteiger partial charge in [-0.25, -0.2) is 18.8 Å². The van der Waals surface area contributed by atoms with Crippen LogP contribution in [0.2, 0.25) is 5.15 Å². The number of carbonyl (C=O) groups is 1. The number of halogens is 1. The summed E-state index contributed by atoms with van der Waals surface area (Å²) in [6, 6.07) is 7.22. The van der Waals surface area contributed by atoms with E-state index >= 15 is 0 Å². The predicted octanol–water partition coefficient (Wildman–Crippen LogP) is 2.17. The zero-order valence-corrected chi connectivity index (χ0v) is 15.7. The number of fused-ring (bicyclic) bond motifs is 1. The van der Waals surface area contributed by atoms with Gasteiger partial charge in [-0.2, -0.15) is 5.10 Å². The van der Waals surface area contributed by atoms with Crippen LogP contribution >= 0.6 is 11.6 Å². The smallest absolute Gasteiger partial charge is 0.240 e. The summed E-state index contributed by atoms with van der Waals surface area (Å²) in [7, 11) is -1.41. The maximum Gasteiger partial charge on any atom is 0.240 e. The second kappa shape index (κ2) is 7.59. The normalized spacial score (nSPS) is 19.1. The molecule has 0 radical (unpaired) electrons. The molecule has 1 aliphatic heterocycles. The number of hydrazone groups is 1. The van der Waals surface area contributed by atoms with Crippen molar-refractivity contribution in [3.05, 3.63) is 35.0 Å². The van der Waals surface area contributed by atoms with Crippen LogP contribution in [-0.2, 0) is 14.6 Å². The van der Waals surface area contributed by atoms with Crippen molar-refractivity contribution in [1.82, 2.24) is 10.4 Å². The highest BCUT2D eigenvalue weighted by atomic mass is 35.5. The Balaban J connectivity index is 1.66. The number of pyridine rings is 1. The number of rotatable bonds is 5.